The second-order valence-electron chi connectivity index (χ2n) is 6.28. The largest absolute Gasteiger partial charge is 0.343 e. The van der Waals surface area contributed by atoms with E-state index >= 15 is 0 Å². The van der Waals surface area contributed by atoms with Crippen molar-refractivity contribution in [3.05, 3.63) is 48.1 Å². The highest BCUT2D eigenvalue weighted by atomic mass is 16.5. The predicted molar refractivity (Wildman–Crippen MR) is 80.1 cm³/mol. The lowest BCUT2D eigenvalue weighted by atomic mass is 9.84. The van der Waals surface area contributed by atoms with Gasteiger partial charge in [0.15, 0.2) is 5.82 Å². The van der Waals surface area contributed by atoms with Crippen LogP contribution in [0.25, 0.3) is 0 Å². The number of likely N-dealkylation sites (tertiary alicyclic amines) is 1. The maximum Gasteiger partial charge on any atom is 0.225 e. The Balaban J connectivity index is 1.61. The van der Waals surface area contributed by atoms with E-state index in [4.69, 9.17) is 4.52 Å². The molecule has 5 nitrogen and oxygen atoms in total. The van der Waals surface area contributed by atoms with Crippen molar-refractivity contribution < 1.29 is 9.32 Å². The molecule has 2 aromatic rings. The predicted octanol–water partition coefficient (Wildman–Crippen LogP) is 2.58. The molecule has 0 spiro atoms. The van der Waals surface area contributed by atoms with Gasteiger partial charge in [-0.25, -0.2) is 0 Å². The average molecular weight is 297 g/mol. The van der Waals surface area contributed by atoms with Gasteiger partial charge >= 0.3 is 0 Å². The molecule has 1 amide bonds. The van der Waals surface area contributed by atoms with E-state index in [2.05, 4.69) is 22.3 Å². The van der Waals surface area contributed by atoms with E-state index in [9.17, 15) is 4.79 Å². The molecule has 1 saturated heterocycles. The van der Waals surface area contributed by atoms with Gasteiger partial charge in [0.05, 0.1) is 0 Å². The Labute approximate surface area is 129 Å². The lowest BCUT2D eigenvalue weighted by Crippen LogP contribution is -2.37. The summed E-state index contributed by atoms with van der Waals surface area (Å²) in [5.74, 6) is 1.60. The highest BCUT2D eigenvalue weighted by Crippen LogP contribution is 2.40. The highest BCUT2D eigenvalue weighted by molar-refractivity contribution is 5.80. The normalized spacial score (nSPS) is 25.2. The lowest BCUT2D eigenvalue weighted by Gasteiger charge is -2.29. The molecule has 2 heterocycles. The van der Waals surface area contributed by atoms with Crippen LogP contribution in [0.15, 0.2) is 41.2 Å². The van der Waals surface area contributed by atoms with Crippen LogP contribution in [0.3, 0.4) is 0 Å². The van der Waals surface area contributed by atoms with E-state index in [0.717, 1.165) is 19.4 Å². The van der Waals surface area contributed by atoms with Crippen LogP contribution < -0.4 is 0 Å². The lowest BCUT2D eigenvalue weighted by molar-refractivity contribution is -0.137. The smallest absolute Gasteiger partial charge is 0.225 e. The standard InChI is InChI=1S/C17H19N3O2/c21-17(13-7-4-8-13)20-9-14(12-5-2-1-3-6-12)15(10-20)16-18-11-22-19-16/h1-3,5-6,11,13-15H,4,7-10H2/t14-,15-/m1/s1. The van der Waals surface area contributed by atoms with Crippen molar-refractivity contribution in [1.82, 2.24) is 15.0 Å². The third-order valence-electron chi connectivity index (χ3n) is 5.02. The summed E-state index contributed by atoms with van der Waals surface area (Å²) in [6, 6.07) is 10.3. The second kappa shape index (κ2) is 5.55. The number of hydrogen-bond donors (Lipinski definition) is 0. The molecule has 1 aromatic carbocycles. The van der Waals surface area contributed by atoms with E-state index in [1.165, 1.54) is 18.4 Å². The second-order valence-corrected chi connectivity index (χ2v) is 6.28. The van der Waals surface area contributed by atoms with Crippen LogP contribution in [0.1, 0.15) is 42.5 Å². The molecule has 1 saturated carbocycles. The first-order chi connectivity index (χ1) is 10.8. The summed E-state index contributed by atoms with van der Waals surface area (Å²) >= 11 is 0. The quantitative estimate of drug-likeness (QED) is 0.873. The van der Waals surface area contributed by atoms with E-state index < -0.39 is 0 Å². The fourth-order valence-electron chi connectivity index (χ4n) is 3.54. The van der Waals surface area contributed by atoms with Gasteiger partial charge in [-0.2, -0.15) is 4.98 Å². The molecule has 0 bridgehead atoms. The third kappa shape index (κ3) is 2.30. The molecule has 1 aromatic heterocycles. The number of aromatic nitrogens is 2. The van der Waals surface area contributed by atoms with E-state index in [1.54, 1.807) is 0 Å². The van der Waals surface area contributed by atoms with Crippen molar-refractivity contribution in [3.8, 4) is 0 Å². The molecule has 1 aliphatic carbocycles. The Morgan fingerprint density at radius 2 is 1.91 bits per heavy atom. The van der Waals surface area contributed by atoms with Gasteiger partial charge in [-0.05, 0) is 18.4 Å². The summed E-state index contributed by atoms with van der Waals surface area (Å²) in [6.45, 7) is 1.44. The molecule has 5 heteroatoms. The number of benzene rings is 1. The summed E-state index contributed by atoms with van der Waals surface area (Å²) in [5.41, 5.74) is 1.24. The maximum absolute atomic E-state index is 12.6. The average Bonchev–Trinajstić information content (AvgIpc) is 3.15. The van der Waals surface area contributed by atoms with Crippen molar-refractivity contribution in [2.45, 2.75) is 31.1 Å². The van der Waals surface area contributed by atoms with E-state index in [0.29, 0.717) is 18.3 Å². The van der Waals surface area contributed by atoms with Gasteiger partial charge in [-0.3, -0.25) is 4.79 Å². The van der Waals surface area contributed by atoms with Gasteiger partial charge in [0, 0.05) is 30.8 Å². The summed E-state index contributed by atoms with van der Waals surface area (Å²) in [4.78, 5) is 18.8. The molecular formula is C17H19N3O2. The third-order valence-corrected chi connectivity index (χ3v) is 5.02. The van der Waals surface area contributed by atoms with Gasteiger partial charge < -0.3 is 9.42 Å². The summed E-state index contributed by atoms with van der Waals surface area (Å²) in [6.07, 6.45) is 4.63. The van der Waals surface area contributed by atoms with E-state index in [-0.39, 0.29) is 17.8 Å². The minimum atomic E-state index is 0.116. The topological polar surface area (TPSA) is 59.2 Å². The monoisotopic (exact) mass is 297 g/mol. The van der Waals surface area contributed by atoms with Crippen LogP contribution in [0.5, 0.6) is 0 Å². The van der Waals surface area contributed by atoms with Crippen LogP contribution in [0.4, 0.5) is 0 Å². The zero-order valence-corrected chi connectivity index (χ0v) is 12.4. The summed E-state index contributed by atoms with van der Waals surface area (Å²) < 4.78 is 4.92. The first-order valence-electron chi connectivity index (χ1n) is 7.93. The van der Waals surface area contributed by atoms with Crippen LogP contribution in [0, 0.1) is 5.92 Å². The van der Waals surface area contributed by atoms with E-state index in [1.807, 2.05) is 23.1 Å². The number of amides is 1. The number of hydrogen-bond acceptors (Lipinski definition) is 4. The number of nitrogens with zero attached hydrogens (tertiary/aromatic N) is 3. The van der Waals surface area contributed by atoms with Gasteiger partial charge in [0.25, 0.3) is 0 Å². The molecule has 22 heavy (non-hydrogen) atoms. The van der Waals surface area contributed by atoms with Gasteiger partial charge in [-0.15, -0.1) is 0 Å². The number of carbonyl (C=O) groups excluding carboxylic acids is 1. The molecule has 2 atom stereocenters. The number of rotatable bonds is 3. The minimum Gasteiger partial charge on any atom is -0.343 e. The molecule has 0 N–H and O–H groups in total. The Bertz CT molecular complexity index is 637. The van der Waals surface area contributed by atoms with Crippen molar-refractivity contribution >= 4 is 5.91 Å². The number of carbonyl (C=O) groups is 1. The summed E-state index contributed by atoms with van der Waals surface area (Å²) in [7, 11) is 0. The zero-order chi connectivity index (χ0) is 14.9. The zero-order valence-electron chi connectivity index (χ0n) is 12.4. The van der Waals surface area contributed by atoms with Crippen molar-refractivity contribution in [2.75, 3.05) is 13.1 Å². The molecule has 2 aliphatic rings. The molecule has 0 unspecified atom stereocenters. The Kier molecular flexibility index (Phi) is 3.41. The molecule has 0 radical (unpaired) electrons. The van der Waals surface area contributed by atoms with Gasteiger partial charge in [0.1, 0.15) is 0 Å². The molecule has 1 aliphatic heterocycles. The van der Waals surface area contributed by atoms with Crippen molar-refractivity contribution in [3.63, 3.8) is 0 Å². The van der Waals surface area contributed by atoms with Crippen molar-refractivity contribution in [1.29, 1.82) is 0 Å². The maximum atomic E-state index is 12.6. The van der Waals surface area contributed by atoms with Crippen LogP contribution in [-0.4, -0.2) is 34.0 Å². The minimum absolute atomic E-state index is 0.116. The van der Waals surface area contributed by atoms with Gasteiger partial charge in [-0.1, -0.05) is 41.9 Å². The molecular weight excluding hydrogens is 278 g/mol. The Morgan fingerprint density at radius 1 is 1.14 bits per heavy atom. The first-order valence-corrected chi connectivity index (χ1v) is 7.93. The molecule has 114 valence electrons. The summed E-state index contributed by atoms with van der Waals surface area (Å²) in [5, 5.41) is 4.02. The SMILES string of the molecule is O=C(C1CCC1)N1C[C@H](c2ccccc2)[C@H](c2ncon2)C1. The van der Waals surface area contributed by atoms with Crippen LogP contribution >= 0.6 is 0 Å². The Hall–Kier alpha value is -2.17. The Morgan fingerprint density at radius 3 is 2.55 bits per heavy atom. The van der Waals surface area contributed by atoms with Crippen LogP contribution in [-0.2, 0) is 4.79 Å². The molecule has 2 fully saturated rings. The molecule has 4 rings (SSSR count). The highest BCUT2D eigenvalue weighted by Gasteiger charge is 2.41. The fraction of sp³-hybridized carbons (Fsp3) is 0.471. The fourth-order valence-corrected chi connectivity index (χ4v) is 3.54. The first kappa shape index (κ1) is 13.5. The van der Waals surface area contributed by atoms with Gasteiger partial charge in [0.2, 0.25) is 12.3 Å². The van der Waals surface area contributed by atoms with Crippen LogP contribution in [0.2, 0.25) is 0 Å². The van der Waals surface area contributed by atoms with Crippen molar-refractivity contribution in [2.24, 2.45) is 5.92 Å².